The van der Waals surface area contributed by atoms with Gasteiger partial charge in [-0.05, 0) is 62.7 Å². The van der Waals surface area contributed by atoms with Crippen LogP contribution in [-0.2, 0) is 4.74 Å². The van der Waals surface area contributed by atoms with Crippen LogP contribution < -0.4 is 9.64 Å². The fourth-order valence-electron chi connectivity index (χ4n) is 4.57. The number of fused-ring (bicyclic) bond motifs is 1. The van der Waals surface area contributed by atoms with Crippen LogP contribution in [0.25, 0.3) is 0 Å². The van der Waals surface area contributed by atoms with Gasteiger partial charge in [-0.15, -0.1) is 11.8 Å². The van der Waals surface area contributed by atoms with Crippen LogP contribution in [0.15, 0.2) is 65.6 Å². The number of hydrogen-bond donors (Lipinski definition) is 0. The lowest BCUT2D eigenvalue weighted by Gasteiger charge is -2.42. The molecule has 166 valence electrons. The Bertz CT molecular complexity index is 881. The topological polar surface area (TPSA) is 24.9 Å². The fraction of sp³-hybridized carbons (Fsp3) is 0.462. The number of likely N-dealkylation sites (tertiary alicyclic amines) is 1. The molecule has 2 aromatic carbocycles. The van der Waals surface area contributed by atoms with Crippen LogP contribution in [0.4, 0.5) is 5.69 Å². The highest BCUT2D eigenvalue weighted by molar-refractivity contribution is 7.99. The molecule has 2 aliphatic rings. The maximum Gasteiger partial charge on any atom is 0.119 e. The van der Waals surface area contributed by atoms with Crippen LogP contribution in [0, 0.1) is 0 Å². The van der Waals surface area contributed by atoms with Crippen molar-refractivity contribution in [2.24, 2.45) is 0 Å². The number of methoxy groups -OCH3 is 1. The van der Waals surface area contributed by atoms with Crippen molar-refractivity contribution in [2.75, 3.05) is 50.6 Å². The average Bonchev–Trinajstić information content (AvgIpc) is 3.33. The molecule has 31 heavy (non-hydrogen) atoms. The van der Waals surface area contributed by atoms with E-state index in [2.05, 4.69) is 58.8 Å². The van der Waals surface area contributed by atoms with E-state index in [1.54, 1.807) is 7.11 Å². The second-order valence-electron chi connectivity index (χ2n) is 8.59. The van der Waals surface area contributed by atoms with Gasteiger partial charge in [0.1, 0.15) is 5.75 Å². The monoisotopic (exact) mass is 438 g/mol. The molecule has 2 atom stereocenters. The number of ether oxygens (including phenoxy) is 2. The summed E-state index contributed by atoms with van der Waals surface area (Å²) in [6.07, 6.45) is 2.56. The number of nitrogens with zero attached hydrogens (tertiary/aromatic N) is 2. The quantitative estimate of drug-likeness (QED) is 0.488. The normalized spacial score (nSPS) is 19.8. The number of para-hydroxylation sites is 1. The summed E-state index contributed by atoms with van der Waals surface area (Å²) in [5.74, 6) is 1.95. The van der Waals surface area contributed by atoms with Crippen molar-refractivity contribution in [3.8, 4) is 5.75 Å². The number of rotatable bonds is 9. The number of thioether (sulfide) groups is 1. The molecule has 1 fully saturated rings. The fourth-order valence-corrected chi connectivity index (χ4v) is 5.79. The molecular weight excluding hydrogens is 404 g/mol. The predicted octanol–water partition coefficient (Wildman–Crippen LogP) is 5.41. The van der Waals surface area contributed by atoms with Crippen LogP contribution in [0.3, 0.4) is 0 Å². The lowest BCUT2D eigenvalue weighted by atomic mass is 10.0. The summed E-state index contributed by atoms with van der Waals surface area (Å²) in [4.78, 5) is 6.59. The highest BCUT2D eigenvalue weighted by Gasteiger charge is 2.32. The SMILES string of the molecule is C=C(C)COCC(CN1c2ccccc2SCC1c1cccc(OC)c1)N1CCCC1. The van der Waals surface area contributed by atoms with Crippen LogP contribution in [0.2, 0.25) is 0 Å². The second-order valence-corrected chi connectivity index (χ2v) is 9.65. The lowest BCUT2D eigenvalue weighted by molar-refractivity contribution is 0.0838. The molecule has 0 radical (unpaired) electrons. The maximum atomic E-state index is 6.08. The van der Waals surface area contributed by atoms with Crippen molar-refractivity contribution in [1.82, 2.24) is 4.90 Å². The first-order valence-corrected chi connectivity index (χ1v) is 12.2. The van der Waals surface area contributed by atoms with Crippen molar-refractivity contribution >= 4 is 17.4 Å². The van der Waals surface area contributed by atoms with E-state index < -0.39 is 0 Å². The molecule has 1 saturated heterocycles. The third-order valence-electron chi connectivity index (χ3n) is 6.15. The molecule has 0 N–H and O–H groups in total. The molecule has 5 heteroatoms. The van der Waals surface area contributed by atoms with Gasteiger partial charge in [-0.3, -0.25) is 4.90 Å². The van der Waals surface area contributed by atoms with Crippen molar-refractivity contribution in [1.29, 1.82) is 0 Å². The molecule has 0 amide bonds. The molecular formula is C26H34N2O2S. The standard InChI is InChI=1S/C26H34N2O2S/c1-20(2)17-30-18-22(27-13-6-7-14-27)16-28-24-11-4-5-12-26(24)31-19-25(28)21-9-8-10-23(15-21)29-3/h4-5,8-12,15,22,25H,1,6-7,13-14,16-19H2,2-3H3. The maximum absolute atomic E-state index is 6.08. The molecule has 0 spiro atoms. The van der Waals surface area contributed by atoms with Gasteiger partial charge in [0.2, 0.25) is 0 Å². The molecule has 0 saturated carbocycles. The summed E-state index contributed by atoms with van der Waals surface area (Å²) in [6.45, 7) is 10.7. The van der Waals surface area contributed by atoms with E-state index >= 15 is 0 Å². The van der Waals surface area contributed by atoms with Gasteiger partial charge in [0.25, 0.3) is 0 Å². The third-order valence-corrected chi connectivity index (χ3v) is 7.29. The minimum Gasteiger partial charge on any atom is -0.497 e. The second kappa shape index (κ2) is 10.6. The Balaban J connectivity index is 1.62. The zero-order valence-electron chi connectivity index (χ0n) is 18.8. The smallest absolute Gasteiger partial charge is 0.119 e. The van der Waals surface area contributed by atoms with Gasteiger partial charge >= 0.3 is 0 Å². The Morgan fingerprint density at radius 1 is 1.16 bits per heavy atom. The van der Waals surface area contributed by atoms with Crippen molar-refractivity contribution in [2.45, 2.75) is 36.7 Å². The Kier molecular flexibility index (Phi) is 7.59. The molecule has 2 heterocycles. The van der Waals surface area contributed by atoms with Crippen molar-refractivity contribution < 1.29 is 9.47 Å². The van der Waals surface area contributed by atoms with Crippen LogP contribution in [-0.4, -0.2) is 56.7 Å². The van der Waals surface area contributed by atoms with E-state index in [9.17, 15) is 0 Å². The average molecular weight is 439 g/mol. The summed E-state index contributed by atoms with van der Waals surface area (Å²) in [7, 11) is 1.74. The van der Waals surface area contributed by atoms with Gasteiger partial charge in [-0.2, -0.15) is 0 Å². The minimum absolute atomic E-state index is 0.307. The molecule has 2 unspecified atom stereocenters. The largest absolute Gasteiger partial charge is 0.497 e. The molecule has 0 aliphatic carbocycles. The van der Waals surface area contributed by atoms with Crippen LogP contribution in [0.1, 0.15) is 31.4 Å². The van der Waals surface area contributed by atoms with E-state index in [4.69, 9.17) is 9.47 Å². The minimum atomic E-state index is 0.307. The van der Waals surface area contributed by atoms with Gasteiger partial charge in [0.05, 0.1) is 38.1 Å². The molecule has 2 aliphatic heterocycles. The highest BCUT2D eigenvalue weighted by Crippen LogP contribution is 2.43. The van der Waals surface area contributed by atoms with E-state index in [0.29, 0.717) is 18.7 Å². The highest BCUT2D eigenvalue weighted by atomic mass is 32.2. The first-order chi connectivity index (χ1) is 15.2. The van der Waals surface area contributed by atoms with Gasteiger partial charge in [-0.1, -0.05) is 36.4 Å². The van der Waals surface area contributed by atoms with Gasteiger partial charge in [0.15, 0.2) is 0 Å². The van der Waals surface area contributed by atoms with E-state index in [1.165, 1.54) is 29.0 Å². The van der Waals surface area contributed by atoms with Crippen molar-refractivity contribution in [3.63, 3.8) is 0 Å². The molecule has 2 aromatic rings. The van der Waals surface area contributed by atoms with Gasteiger partial charge in [-0.25, -0.2) is 0 Å². The number of benzene rings is 2. The summed E-state index contributed by atoms with van der Waals surface area (Å²) in [5, 5.41) is 0. The van der Waals surface area contributed by atoms with Gasteiger partial charge in [0, 0.05) is 17.2 Å². The Hall–Kier alpha value is -1.95. The summed E-state index contributed by atoms with van der Waals surface area (Å²) < 4.78 is 11.6. The zero-order valence-corrected chi connectivity index (χ0v) is 19.6. The Morgan fingerprint density at radius 2 is 1.97 bits per heavy atom. The predicted molar refractivity (Wildman–Crippen MR) is 130 cm³/mol. The Labute approximate surface area is 191 Å². The summed E-state index contributed by atoms with van der Waals surface area (Å²) >= 11 is 1.95. The van der Waals surface area contributed by atoms with E-state index in [0.717, 1.165) is 43.3 Å². The van der Waals surface area contributed by atoms with Crippen LogP contribution in [0.5, 0.6) is 5.75 Å². The summed E-state index contributed by atoms with van der Waals surface area (Å²) in [6, 6.07) is 18.0. The summed E-state index contributed by atoms with van der Waals surface area (Å²) in [5.41, 5.74) is 3.72. The van der Waals surface area contributed by atoms with Crippen LogP contribution >= 0.6 is 11.8 Å². The lowest BCUT2D eigenvalue weighted by Crippen LogP contribution is -2.48. The van der Waals surface area contributed by atoms with E-state index in [1.807, 2.05) is 24.8 Å². The van der Waals surface area contributed by atoms with Crippen molar-refractivity contribution in [3.05, 3.63) is 66.2 Å². The first kappa shape index (κ1) is 22.3. The number of hydrogen-bond acceptors (Lipinski definition) is 5. The van der Waals surface area contributed by atoms with E-state index in [-0.39, 0.29) is 0 Å². The third kappa shape index (κ3) is 5.46. The first-order valence-electron chi connectivity index (χ1n) is 11.2. The number of anilines is 1. The zero-order chi connectivity index (χ0) is 21.6. The molecule has 4 rings (SSSR count). The molecule has 0 aromatic heterocycles. The molecule has 4 nitrogen and oxygen atoms in total. The molecule has 0 bridgehead atoms. The van der Waals surface area contributed by atoms with Gasteiger partial charge < -0.3 is 14.4 Å². The Morgan fingerprint density at radius 3 is 2.74 bits per heavy atom.